The van der Waals surface area contributed by atoms with Crippen LogP contribution in [-0.2, 0) is 9.53 Å². The molecule has 0 aromatic rings. The average Bonchev–Trinajstić information content (AvgIpc) is 2.21. The molecule has 0 saturated heterocycles. The van der Waals surface area contributed by atoms with Crippen molar-refractivity contribution in [2.24, 2.45) is 5.41 Å². The molecule has 0 aromatic heterocycles. The van der Waals surface area contributed by atoms with E-state index >= 15 is 0 Å². The van der Waals surface area contributed by atoms with E-state index in [0.717, 1.165) is 12.0 Å². The SMILES string of the molecule is CC/C=C(\C)C(C#N)(CC)C(=O)OCC. The third-order valence-corrected chi connectivity index (χ3v) is 2.53. The van der Waals surface area contributed by atoms with Crippen molar-refractivity contribution in [3.63, 3.8) is 0 Å². The molecule has 84 valence electrons. The quantitative estimate of drug-likeness (QED) is 0.516. The van der Waals surface area contributed by atoms with Gasteiger partial charge in [0.2, 0.25) is 0 Å². The average molecular weight is 209 g/mol. The minimum absolute atomic E-state index is 0.307. The van der Waals surface area contributed by atoms with Gasteiger partial charge in [-0.1, -0.05) is 19.9 Å². The van der Waals surface area contributed by atoms with Gasteiger partial charge in [-0.05, 0) is 32.3 Å². The Morgan fingerprint density at radius 3 is 2.40 bits per heavy atom. The van der Waals surface area contributed by atoms with Crippen molar-refractivity contribution in [1.82, 2.24) is 0 Å². The summed E-state index contributed by atoms with van der Waals surface area (Å²) >= 11 is 0. The van der Waals surface area contributed by atoms with Crippen molar-refractivity contribution < 1.29 is 9.53 Å². The molecule has 0 spiro atoms. The fraction of sp³-hybridized carbons (Fsp3) is 0.667. The van der Waals surface area contributed by atoms with E-state index in [-0.39, 0.29) is 0 Å². The predicted octanol–water partition coefficient (Wildman–Crippen LogP) is 2.83. The highest BCUT2D eigenvalue weighted by Crippen LogP contribution is 2.32. The number of carbonyl (C=O) groups excluding carboxylic acids is 1. The van der Waals surface area contributed by atoms with Gasteiger partial charge in [-0.2, -0.15) is 5.26 Å². The van der Waals surface area contributed by atoms with E-state index in [1.165, 1.54) is 0 Å². The molecule has 0 aliphatic heterocycles. The molecule has 0 fully saturated rings. The first-order chi connectivity index (χ1) is 7.08. The van der Waals surface area contributed by atoms with Gasteiger partial charge in [0.15, 0.2) is 5.41 Å². The zero-order chi connectivity index (χ0) is 11.9. The van der Waals surface area contributed by atoms with Gasteiger partial charge >= 0.3 is 5.97 Å². The maximum atomic E-state index is 11.8. The molecule has 0 aliphatic rings. The van der Waals surface area contributed by atoms with E-state index in [1.54, 1.807) is 6.92 Å². The standard InChI is InChI=1S/C12H19NO2/c1-5-8-10(4)12(6-2,9-13)11(14)15-7-3/h8H,5-7H2,1-4H3/b10-8+. The number of esters is 1. The summed E-state index contributed by atoms with van der Waals surface area (Å²) in [7, 11) is 0. The molecule has 0 saturated carbocycles. The van der Waals surface area contributed by atoms with E-state index in [0.29, 0.717) is 13.0 Å². The van der Waals surface area contributed by atoms with E-state index in [4.69, 9.17) is 4.74 Å². The third-order valence-electron chi connectivity index (χ3n) is 2.53. The van der Waals surface area contributed by atoms with Crippen LogP contribution in [0.4, 0.5) is 0 Å². The second-order valence-corrected chi connectivity index (χ2v) is 3.39. The largest absolute Gasteiger partial charge is 0.465 e. The van der Waals surface area contributed by atoms with E-state index in [1.807, 2.05) is 26.8 Å². The molecule has 0 rings (SSSR count). The summed E-state index contributed by atoms with van der Waals surface area (Å²) in [6.07, 6.45) is 3.17. The summed E-state index contributed by atoms with van der Waals surface area (Å²) in [6, 6.07) is 2.09. The first kappa shape index (κ1) is 13.7. The fourth-order valence-corrected chi connectivity index (χ4v) is 1.53. The highest BCUT2D eigenvalue weighted by molar-refractivity contribution is 5.83. The van der Waals surface area contributed by atoms with Crippen LogP contribution in [0.25, 0.3) is 0 Å². The molecule has 3 nitrogen and oxygen atoms in total. The van der Waals surface area contributed by atoms with Crippen LogP contribution < -0.4 is 0 Å². The molecule has 0 heterocycles. The lowest BCUT2D eigenvalue weighted by Gasteiger charge is -2.23. The van der Waals surface area contributed by atoms with Crippen LogP contribution in [-0.4, -0.2) is 12.6 Å². The van der Waals surface area contributed by atoms with Crippen LogP contribution in [0.3, 0.4) is 0 Å². The Bertz CT molecular complexity index is 288. The van der Waals surface area contributed by atoms with Crippen molar-refractivity contribution in [3.05, 3.63) is 11.6 Å². The third kappa shape index (κ3) is 2.82. The molecule has 0 radical (unpaired) electrons. The van der Waals surface area contributed by atoms with Crippen molar-refractivity contribution in [3.8, 4) is 6.07 Å². The molecular formula is C12H19NO2. The zero-order valence-electron chi connectivity index (χ0n) is 9.96. The smallest absolute Gasteiger partial charge is 0.330 e. The molecule has 0 N–H and O–H groups in total. The Labute approximate surface area is 91.7 Å². The minimum Gasteiger partial charge on any atom is -0.465 e. The lowest BCUT2D eigenvalue weighted by Crippen LogP contribution is -2.32. The van der Waals surface area contributed by atoms with Gasteiger partial charge in [0.25, 0.3) is 0 Å². The molecule has 0 amide bonds. The fourth-order valence-electron chi connectivity index (χ4n) is 1.53. The van der Waals surface area contributed by atoms with Gasteiger partial charge in [-0.15, -0.1) is 0 Å². The summed E-state index contributed by atoms with van der Waals surface area (Å²) in [5.74, 6) is -0.433. The Kier molecular flexibility index (Phi) is 5.69. The number of rotatable bonds is 5. The van der Waals surface area contributed by atoms with Gasteiger partial charge in [0, 0.05) is 0 Å². The molecule has 1 atom stereocenters. The second kappa shape index (κ2) is 6.23. The summed E-state index contributed by atoms with van der Waals surface area (Å²) in [5.41, 5.74) is -0.306. The van der Waals surface area contributed by atoms with Crippen LogP contribution in [0.2, 0.25) is 0 Å². The van der Waals surface area contributed by atoms with E-state index < -0.39 is 11.4 Å². The summed E-state index contributed by atoms with van der Waals surface area (Å²) in [4.78, 5) is 11.8. The van der Waals surface area contributed by atoms with Gasteiger partial charge < -0.3 is 4.74 Å². The number of hydrogen-bond acceptors (Lipinski definition) is 3. The van der Waals surface area contributed by atoms with Gasteiger partial charge in [0.05, 0.1) is 12.7 Å². The van der Waals surface area contributed by atoms with Gasteiger partial charge in [-0.25, -0.2) is 4.79 Å². The van der Waals surface area contributed by atoms with Crippen molar-refractivity contribution in [2.45, 2.75) is 40.5 Å². The molecule has 3 heteroatoms. The Balaban J connectivity index is 5.15. The normalized spacial score (nSPS) is 15.3. The monoisotopic (exact) mass is 209 g/mol. The predicted molar refractivity (Wildman–Crippen MR) is 59.0 cm³/mol. The Morgan fingerprint density at radius 1 is 1.47 bits per heavy atom. The first-order valence-electron chi connectivity index (χ1n) is 5.34. The van der Waals surface area contributed by atoms with Crippen LogP contribution in [0.1, 0.15) is 40.5 Å². The molecule has 1 unspecified atom stereocenters. The lowest BCUT2D eigenvalue weighted by molar-refractivity contribution is -0.150. The molecule has 15 heavy (non-hydrogen) atoms. The highest BCUT2D eigenvalue weighted by atomic mass is 16.5. The van der Waals surface area contributed by atoms with Crippen molar-refractivity contribution >= 4 is 5.97 Å². The maximum absolute atomic E-state index is 11.8. The summed E-state index contributed by atoms with van der Waals surface area (Å²) < 4.78 is 4.95. The lowest BCUT2D eigenvalue weighted by atomic mass is 9.79. The van der Waals surface area contributed by atoms with E-state index in [9.17, 15) is 10.1 Å². The number of hydrogen-bond donors (Lipinski definition) is 0. The van der Waals surface area contributed by atoms with Crippen molar-refractivity contribution in [2.75, 3.05) is 6.61 Å². The number of nitrogens with zero attached hydrogens (tertiary/aromatic N) is 1. The number of nitriles is 1. The molecule has 0 aromatic carbocycles. The first-order valence-corrected chi connectivity index (χ1v) is 5.34. The van der Waals surface area contributed by atoms with Crippen LogP contribution in [0, 0.1) is 16.7 Å². The van der Waals surface area contributed by atoms with Gasteiger partial charge in [0.1, 0.15) is 0 Å². The van der Waals surface area contributed by atoms with Gasteiger partial charge in [-0.3, -0.25) is 0 Å². The number of carbonyl (C=O) groups is 1. The van der Waals surface area contributed by atoms with Crippen molar-refractivity contribution in [1.29, 1.82) is 5.26 Å². The van der Waals surface area contributed by atoms with Crippen LogP contribution in [0.5, 0.6) is 0 Å². The molecule has 0 aliphatic carbocycles. The number of allylic oxidation sites excluding steroid dienone is 1. The Morgan fingerprint density at radius 2 is 2.07 bits per heavy atom. The zero-order valence-corrected chi connectivity index (χ0v) is 9.96. The topological polar surface area (TPSA) is 50.1 Å². The highest BCUT2D eigenvalue weighted by Gasteiger charge is 2.40. The summed E-state index contributed by atoms with van der Waals surface area (Å²) in [5, 5.41) is 9.18. The molecule has 0 bridgehead atoms. The van der Waals surface area contributed by atoms with Crippen LogP contribution in [0.15, 0.2) is 11.6 Å². The Hall–Kier alpha value is -1.30. The van der Waals surface area contributed by atoms with Crippen LogP contribution >= 0.6 is 0 Å². The number of ether oxygens (including phenoxy) is 1. The second-order valence-electron chi connectivity index (χ2n) is 3.39. The minimum atomic E-state index is -1.09. The summed E-state index contributed by atoms with van der Waals surface area (Å²) in [6.45, 7) is 7.67. The maximum Gasteiger partial charge on any atom is 0.330 e. The van der Waals surface area contributed by atoms with E-state index in [2.05, 4.69) is 6.07 Å². The molecular weight excluding hydrogens is 190 g/mol.